The molecule has 134 valence electrons. The zero-order chi connectivity index (χ0) is 18.7. The summed E-state index contributed by atoms with van der Waals surface area (Å²) in [5, 5.41) is 21.4. The molecule has 1 heterocycles. The molecule has 1 aliphatic rings. The van der Waals surface area contributed by atoms with Crippen LogP contribution in [0.25, 0.3) is 0 Å². The van der Waals surface area contributed by atoms with Gasteiger partial charge >= 0.3 is 7.12 Å². The van der Waals surface area contributed by atoms with Gasteiger partial charge in [-0.1, -0.05) is 12.1 Å². The number of nitro benzene ring substituents is 2. The second-order valence-electron chi connectivity index (χ2n) is 5.93. The van der Waals surface area contributed by atoms with Gasteiger partial charge in [-0.05, 0) is 17.6 Å². The normalized spacial score (nSPS) is 16.5. The SMILES string of the molecule is CN(C[C@H]1COB(c2ccc([N+](=O)[O-])cc2)O1)c1ccc([N+](=O)[O-])cc1. The molecule has 1 saturated heterocycles. The van der Waals surface area contributed by atoms with E-state index >= 15 is 0 Å². The van der Waals surface area contributed by atoms with Gasteiger partial charge in [0.2, 0.25) is 0 Å². The lowest BCUT2D eigenvalue weighted by molar-refractivity contribution is -0.385. The Bertz CT molecular complexity index is 799. The van der Waals surface area contributed by atoms with Crippen LogP contribution in [0.5, 0.6) is 0 Å². The molecule has 0 spiro atoms. The van der Waals surface area contributed by atoms with E-state index in [1.54, 1.807) is 24.3 Å². The first-order valence-corrected chi connectivity index (χ1v) is 7.91. The Kier molecular flexibility index (Phi) is 5.15. The summed E-state index contributed by atoms with van der Waals surface area (Å²) < 4.78 is 11.5. The Labute approximate surface area is 149 Å². The van der Waals surface area contributed by atoms with Gasteiger partial charge < -0.3 is 14.2 Å². The van der Waals surface area contributed by atoms with Gasteiger partial charge in [-0.3, -0.25) is 20.2 Å². The third kappa shape index (κ3) is 3.98. The summed E-state index contributed by atoms with van der Waals surface area (Å²) in [6.07, 6.45) is -0.185. The third-order valence-electron chi connectivity index (χ3n) is 4.10. The Morgan fingerprint density at radius 2 is 1.58 bits per heavy atom. The molecule has 2 aromatic rings. The average molecular weight is 357 g/mol. The molecule has 0 amide bonds. The van der Waals surface area contributed by atoms with E-state index in [4.69, 9.17) is 9.31 Å². The van der Waals surface area contributed by atoms with Crippen LogP contribution in [0.3, 0.4) is 0 Å². The number of hydrogen-bond acceptors (Lipinski definition) is 7. The molecule has 3 rings (SSSR count). The Morgan fingerprint density at radius 1 is 1.04 bits per heavy atom. The Balaban J connectivity index is 1.58. The smallest absolute Gasteiger partial charge is 0.405 e. The molecule has 0 N–H and O–H groups in total. The van der Waals surface area contributed by atoms with Gasteiger partial charge in [-0.25, -0.2) is 0 Å². The number of nitro groups is 2. The summed E-state index contributed by atoms with van der Waals surface area (Å²) in [6, 6.07) is 12.3. The van der Waals surface area contributed by atoms with Crippen LogP contribution in [0.2, 0.25) is 0 Å². The lowest BCUT2D eigenvalue weighted by Crippen LogP contribution is -2.35. The summed E-state index contributed by atoms with van der Waals surface area (Å²) in [5.74, 6) is 0. The van der Waals surface area contributed by atoms with Crippen molar-refractivity contribution < 1.29 is 19.2 Å². The van der Waals surface area contributed by atoms with Gasteiger partial charge in [-0.2, -0.15) is 0 Å². The van der Waals surface area contributed by atoms with Crippen molar-refractivity contribution in [1.82, 2.24) is 0 Å². The quantitative estimate of drug-likeness (QED) is 0.440. The maximum atomic E-state index is 10.7. The highest BCUT2D eigenvalue weighted by Crippen LogP contribution is 2.20. The topological polar surface area (TPSA) is 108 Å². The highest BCUT2D eigenvalue weighted by molar-refractivity contribution is 6.61. The fourth-order valence-corrected chi connectivity index (χ4v) is 2.71. The minimum absolute atomic E-state index is 0.0150. The van der Waals surface area contributed by atoms with Gasteiger partial charge in [0.25, 0.3) is 11.4 Å². The molecule has 1 aliphatic heterocycles. The van der Waals surface area contributed by atoms with Crippen molar-refractivity contribution in [3.63, 3.8) is 0 Å². The van der Waals surface area contributed by atoms with Crippen molar-refractivity contribution in [2.45, 2.75) is 6.10 Å². The van der Waals surface area contributed by atoms with Crippen molar-refractivity contribution in [1.29, 1.82) is 0 Å². The average Bonchev–Trinajstić information content (AvgIpc) is 3.10. The Morgan fingerprint density at radius 3 is 2.12 bits per heavy atom. The van der Waals surface area contributed by atoms with Crippen molar-refractivity contribution in [2.24, 2.45) is 0 Å². The van der Waals surface area contributed by atoms with Crippen LogP contribution in [-0.4, -0.2) is 43.3 Å². The van der Waals surface area contributed by atoms with E-state index in [0.717, 1.165) is 11.2 Å². The molecule has 0 saturated carbocycles. The van der Waals surface area contributed by atoms with Crippen LogP contribution >= 0.6 is 0 Å². The van der Waals surface area contributed by atoms with E-state index in [1.165, 1.54) is 24.3 Å². The largest absolute Gasteiger partial charge is 0.494 e. The van der Waals surface area contributed by atoms with E-state index in [0.29, 0.717) is 13.2 Å². The second kappa shape index (κ2) is 7.50. The molecule has 9 nitrogen and oxygen atoms in total. The lowest BCUT2D eigenvalue weighted by Gasteiger charge is -2.22. The van der Waals surface area contributed by atoms with Gasteiger partial charge in [0.15, 0.2) is 0 Å². The van der Waals surface area contributed by atoms with Crippen LogP contribution in [0.4, 0.5) is 17.1 Å². The molecule has 26 heavy (non-hydrogen) atoms. The molecule has 0 aromatic heterocycles. The van der Waals surface area contributed by atoms with Crippen molar-refractivity contribution in [3.8, 4) is 0 Å². The molecular weight excluding hydrogens is 341 g/mol. The number of anilines is 1. The molecule has 0 radical (unpaired) electrons. The highest BCUT2D eigenvalue weighted by Gasteiger charge is 2.33. The van der Waals surface area contributed by atoms with Crippen molar-refractivity contribution >= 4 is 29.6 Å². The predicted octanol–water partition coefficient (Wildman–Crippen LogP) is 1.75. The van der Waals surface area contributed by atoms with E-state index in [-0.39, 0.29) is 17.5 Å². The number of rotatable bonds is 6. The van der Waals surface area contributed by atoms with Crippen molar-refractivity contribution in [3.05, 3.63) is 68.8 Å². The summed E-state index contributed by atoms with van der Waals surface area (Å²) in [7, 11) is 1.30. The zero-order valence-corrected chi connectivity index (χ0v) is 14.0. The number of nitrogens with zero attached hydrogens (tertiary/aromatic N) is 3. The standard InChI is InChI=1S/C16H16BN3O6/c1-18(13-6-8-15(9-7-13)20(23)24)10-16-11-25-17(26-16)12-2-4-14(5-3-12)19(21)22/h2-9,16H,10-11H2,1H3/t16-/m0/s1. The number of likely N-dealkylation sites (N-methyl/N-ethyl adjacent to an activating group) is 1. The first-order chi connectivity index (χ1) is 12.4. The summed E-state index contributed by atoms with van der Waals surface area (Å²) in [5.41, 5.74) is 1.61. The van der Waals surface area contributed by atoms with Crippen LogP contribution in [0, 0.1) is 20.2 Å². The lowest BCUT2D eigenvalue weighted by atomic mass is 9.79. The fourth-order valence-electron chi connectivity index (χ4n) is 2.71. The summed E-state index contributed by atoms with van der Waals surface area (Å²) in [4.78, 5) is 22.4. The van der Waals surface area contributed by atoms with Crippen LogP contribution in [0.1, 0.15) is 0 Å². The van der Waals surface area contributed by atoms with E-state index < -0.39 is 17.0 Å². The number of hydrogen-bond donors (Lipinski definition) is 0. The van der Waals surface area contributed by atoms with Crippen LogP contribution in [-0.2, 0) is 9.31 Å². The first kappa shape index (κ1) is 17.8. The Hall–Kier alpha value is -2.98. The molecule has 0 bridgehead atoms. The maximum absolute atomic E-state index is 10.7. The van der Waals surface area contributed by atoms with E-state index in [2.05, 4.69) is 0 Å². The first-order valence-electron chi connectivity index (χ1n) is 7.91. The summed E-state index contributed by atoms with van der Waals surface area (Å²) >= 11 is 0. The van der Waals surface area contributed by atoms with Crippen LogP contribution < -0.4 is 10.4 Å². The van der Waals surface area contributed by atoms with Gasteiger partial charge in [0.1, 0.15) is 0 Å². The molecule has 0 unspecified atom stereocenters. The monoisotopic (exact) mass is 357 g/mol. The molecule has 0 aliphatic carbocycles. The molecular formula is C16H16BN3O6. The highest BCUT2D eigenvalue weighted by atomic mass is 16.6. The predicted molar refractivity (Wildman–Crippen MR) is 95.7 cm³/mol. The van der Waals surface area contributed by atoms with Crippen LogP contribution in [0.15, 0.2) is 48.5 Å². The second-order valence-corrected chi connectivity index (χ2v) is 5.93. The fraction of sp³-hybridized carbons (Fsp3) is 0.250. The maximum Gasteiger partial charge on any atom is 0.494 e. The van der Waals surface area contributed by atoms with E-state index in [1.807, 2.05) is 11.9 Å². The van der Waals surface area contributed by atoms with Gasteiger partial charge in [0, 0.05) is 43.5 Å². The van der Waals surface area contributed by atoms with E-state index in [9.17, 15) is 20.2 Å². The molecule has 2 aromatic carbocycles. The minimum Gasteiger partial charge on any atom is -0.405 e. The van der Waals surface area contributed by atoms with Gasteiger partial charge in [-0.15, -0.1) is 0 Å². The molecule has 10 heteroatoms. The zero-order valence-electron chi connectivity index (χ0n) is 14.0. The number of non-ortho nitro benzene ring substituents is 2. The third-order valence-corrected chi connectivity index (χ3v) is 4.10. The minimum atomic E-state index is -0.564. The molecule has 1 atom stereocenters. The number of benzene rings is 2. The van der Waals surface area contributed by atoms with Gasteiger partial charge in [0.05, 0.1) is 22.6 Å². The molecule has 1 fully saturated rings. The van der Waals surface area contributed by atoms with Crippen molar-refractivity contribution in [2.75, 3.05) is 25.1 Å². The summed E-state index contributed by atoms with van der Waals surface area (Å²) in [6.45, 7) is 0.931.